The van der Waals surface area contributed by atoms with Crippen molar-refractivity contribution < 1.29 is 19.5 Å². The summed E-state index contributed by atoms with van der Waals surface area (Å²) in [6.07, 6.45) is 0.547. The Bertz CT molecular complexity index is 433. The summed E-state index contributed by atoms with van der Waals surface area (Å²) in [5.41, 5.74) is 0.716. The number of nitrogens with zero attached hydrogens (tertiary/aromatic N) is 1. The zero-order valence-corrected chi connectivity index (χ0v) is 11.7. The normalized spacial score (nSPS) is 12.2. The summed E-state index contributed by atoms with van der Waals surface area (Å²) in [6.45, 7) is 0.907. The van der Waals surface area contributed by atoms with Crippen LogP contribution in [0, 0.1) is 10.1 Å². The van der Waals surface area contributed by atoms with E-state index in [0.717, 1.165) is 0 Å². The van der Waals surface area contributed by atoms with Gasteiger partial charge in [0.1, 0.15) is 5.75 Å². The lowest BCUT2D eigenvalue weighted by Crippen LogP contribution is -2.33. The quantitative estimate of drug-likeness (QED) is 0.521. The van der Waals surface area contributed by atoms with Crippen molar-refractivity contribution in [3.05, 3.63) is 33.9 Å². The highest BCUT2D eigenvalue weighted by molar-refractivity contribution is 5.43. The van der Waals surface area contributed by atoms with Crippen LogP contribution in [-0.4, -0.2) is 43.5 Å². The summed E-state index contributed by atoms with van der Waals surface area (Å²) in [5.74, 6) is 0.586. The third kappa shape index (κ3) is 4.76. The van der Waals surface area contributed by atoms with Gasteiger partial charge in [-0.3, -0.25) is 10.1 Å². The van der Waals surface area contributed by atoms with Crippen LogP contribution in [-0.2, 0) is 11.3 Å². The fourth-order valence-electron chi connectivity index (χ4n) is 1.87. The average molecular weight is 284 g/mol. The minimum absolute atomic E-state index is 0.0195. The van der Waals surface area contributed by atoms with Crippen LogP contribution < -0.4 is 10.1 Å². The SMILES string of the molecule is COCC(CCO)NCc1cc([N+](=O)[O-])ccc1OC. The number of methoxy groups -OCH3 is 2. The van der Waals surface area contributed by atoms with Crippen LogP contribution in [0.4, 0.5) is 5.69 Å². The van der Waals surface area contributed by atoms with Crippen LogP contribution in [0.1, 0.15) is 12.0 Å². The van der Waals surface area contributed by atoms with Gasteiger partial charge in [-0.25, -0.2) is 0 Å². The van der Waals surface area contributed by atoms with Crippen LogP contribution in [0.15, 0.2) is 18.2 Å². The highest BCUT2D eigenvalue weighted by atomic mass is 16.6. The molecule has 0 aliphatic heterocycles. The molecule has 0 saturated heterocycles. The number of hydrogen-bond donors (Lipinski definition) is 2. The van der Waals surface area contributed by atoms with E-state index in [2.05, 4.69) is 5.32 Å². The number of aliphatic hydroxyl groups is 1. The van der Waals surface area contributed by atoms with Crippen molar-refractivity contribution >= 4 is 5.69 Å². The molecule has 0 aromatic heterocycles. The van der Waals surface area contributed by atoms with E-state index < -0.39 is 4.92 Å². The summed E-state index contributed by atoms with van der Waals surface area (Å²) in [7, 11) is 3.10. The van der Waals surface area contributed by atoms with Gasteiger partial charge in [-0.1, -0.05) is 0 Å². The van der Waals surface area contributed by atoms with Crippen LogP contribution in [0.5, 0.6) is 5.75 Å². The molecule has 1 aromatic rings. The number of rotatable bonds is 9. The van der Waals surface area contributed by atoms with Gasteiger partial charge in [0.05, 0.1) is 18.6 Å². The van der Waals surface area contributed by atoms with E-state index >= 15 is 0 Å². The van der Waals surface area contributed by atoms with Crippen molar-refractivity contribution in [3.63, 3.8) is 0 Å². The molecule has 112 valence electrons. The predicted octanol–water partition coefficient (Wildman–Crippen LogP) is 1.09. The lowest BCUT2D eigenvalue weighted by molar-refractivity contribution is -0.384. The van der Waals surface area contributed by atoms with E-state index in [1.807, 2.05) is 0 Å². The molecule has 1 rings (SSSR count). The molecule has 0 heterocycles. The molecule has 7 heteroatoms. The van der Waals surface area contributed by atoms with Crippen LogP contribution in [0.2, 0.25) is 0 Å². The molecule has 0 aliphatic carbocycles. The number of nitrogens with one attached hydrogen (secondary N) is 1. The molecule has 0 aliphatic rings. The molecule has 0 fully saturated rings. The number of non-ortho nitro benzene ring substituents is 1. The van der Waals surface area contributed by atoms with E-state index in [1.165, 1.54) is 19.2 Å². The average Bonchev–Trinajstić information content (AvgIpc) is 2.44. The third-order valence-corrected chi connectivity index (χ3v) is 2.90. The first-order chi connectivity index (χ1) is 9.62. The van der Waals surface area contributed by atoms with Crippen LogP contribution >= 0.6 is 0 Å². The first-order valence-corrected chi connectivity index (χ1v) is 6.26. The van der Waals surface area contributed by atoms with Gasteiger partial charge in [0.2, 0.25) is 0 Å². The number of benzene rings is 1. The molecule has 0 bridgehead atoms. The van der Waals surface area contributed by atoms with Crippen molar-refractivity contribution in [1.29, 1.82) is 0 Å². The highest BCUT2D eigenvalue weighted by Crippen LogP contribution is 2.23. The van der Waals surface area contributed by atoms with E-state index in [-0.39, 0.29) is 18.3 Å². The molecular weight excluding hydrogens is 264 g/mol. The van der Waals surface area contributed by atoms with E-state index in [9.17, 15) is 10.1 Å². The second kappa shape index (κ2) is 8.47. The Kier molecular flexibility index (Phi) is 6.92. The Morgan fingerprint density at radius 1 is 1.45 bits per heavy atom. The van der Waals surface area contributed by atoms with Gasteiger partial charge in [0.15, 0.2) is 0 Å². The number of nitro groups is 1. The van der Waals surface area contributed by atoms with Crippen LogP contribution in [0.3, 0.4) is 0 Å². The Hall–Kier alpha value is -1.70. The molecule has 20 heavy (non-hydrogen) atoms. The molecule has 0 saturated carbocycles. The first kappa shape index (κ1) is 16.4. The van der Waals surface area contributed by atoms with E-state index in [1.54, 1.807) is 13.2 Å². The summed E-state index contributed by atoms with van der Waals surface area (Å²) in [5, 5.41) is 22.9. The number of ether oxygens (including phenoxy) is 2. The zero-order chi connectivity index (χ0) is 15.0. The molecule has 0 spiro atoms. The maximum Gasteiger partial charge on any atom is 0.270 e. The smallest absolute Gasteiger partial charge is 0.270 e. The highest BCUT2D eigenvalue weighted by Gasteiger charge is 2.13. The maximum absolute atomic E-state index is 10.8. The fraction of sp³-hybridized carbons (Fsp3) is 0.538. The van der Waals surface area contributed by atoms with Gasteiger partial charge in [-0.05, 0) is 12.5 Å². The number of aliphatic hydroxyl groups excluding tert-OH is 1. The summed E-state index contributed by atoms with van der Waals surface area (Å²) in [6, 6.07) is 4.44. The topological polar surface area (TPSA) is 93.9 Å². The zero-order valence-electron chi connectivity index (χ0n) is 11.7. The molecule has 1 atom stereocenters. The van der Waals surface area contributed by atoms with Crippen molar-refractivity contribution in [2.24, 2.45) is 0 Å². The summed E-state index contributed by atoms with van der Waals surface area (Å²) >= 11 is 0. The molecule has 7 nitrogen and oxygen atoms in total. The molecule has 0 radical (unpaired) electrons. The lowest BCUT2D eigenvalue weighted by Gasteiger charge is -2.17. The predicted molar refractivity (Wildman–Crippen MR) is 73.9 cm³/mol. The number of nitro benzene ring substituents is 1. The van der Waals surface area contributed by atoms with E-state index in [4.69, 9.17) is 14.6 Å². The van der Waals surface area contributed by atoms with Crippen LogP contribution in [0.25, 0.3) is 0 Å². The fourth-order valence-corrected chi connectivity index (χ4v) is 1.87. The largest absolute Gasteiger partial charge is 0.496 e. The van der Waals surface area contributed by atoms with Gasteiger partial charge < -0.3 is 19.9 Å². The Labute approximate surface area is 117 Å². The van der Waals surface area contributed by atoms with E-state index in [0.29, 0.717) is 30.9 Å². The maximum atomic E-state index is 10.8. The summed E-state index contributed by atoms with van der Waals surface area (Å²) < 4.78 is 10.2. The minimum Gasteiger partial charge on any atom is -0.496 e. The third-order valence-electron chi connectivity index (χ3n) is 2.90. The monoisotopic (exact) mass is 284 g/mol. The minimum atomic E-state index is -0.441. The molecule has 1 aromatic carbocycles. The van der Waals surface area contributed by atoms with Gasteiger partial charge in [-0.15, -0.1) is 0 Å². The lowest BCUT2D eigenvalue weighted by atomic mass is 10.1. The molecule has 2 N–H and O–H groups in total. The molecule has 1 unspecified atom stereocenters. The van der Waals surface area contributed by atoms with Gasteiger partial charge in [0.25, 0.3) is 5.69 Å². The van der Waals surface area contributed by atoms with Gasteiger partial charge >= 0.3 is 0 Å². The second-order valence-corrected chi connectivity index (χ2v) is 4.30. The van der Waals surface area contributed by atoms with Crippen molar-refractivity contribution in [1.82, 2.24) is 5.32 Å². The van der Waals surface area contributed by atoms with Gasteiger partial charge in [0, 0.05) is 44.0 Å². The van der Waals surface area contributed by atoms with Crippen molar-refractivity contribution in [2.45, 2.75) is 19.0 Å². The van der Waals surface area contributed by atoms with Crippen molar-refractivity contribution in [3.8, 4) is 5.75 Å². The van der Waals surface area contributed by atoms with Gasteiger partial charge in [-0.2, -0.15) is 0 Å². The number of hydrogen-bond acceptors (Lipinski definition) is 6. The molecular formula is C13H20N2O5. The first-order valence-electron chi connectivity index (χ1n) is 6.26. The molecule has 0 amide bonds. The van der Waals surface area contributed by atoms with Crippen molar-refractivity contribution in [2.75, 3.05) is 27.4 Å². The second-order valence-electron chi connectivity index (χ2n) is 4.30. The summed E-state index contributed by atoms with van der Waals surface area (Å²) in [4.78, 5) is 10.3. The standard InChI is InChI=1S/C13H20N2O5/c1-19-9-11(5-6-16)14-8-10-7-12(15(17)18)3-4-13(10)20-2/h3-4,7,11,14,16H,5-6,8-9H2,1-2H3. The Morgan fingerprint density at radius 2 is 2.20 bits per heavy atom. The Morgan fingerprint density at radius 3 is 2.75 bits per heavy atom. The Balaban J connectivity index is 2.78.